The Kier molecular flexibility index (Phi) is 5.19. The zero-order valence-corrected chi connectivity index (χ0v) is 15.8. The van der Waals surface area contributed by atoms with Gasteiger partial charge < -0.3 is 13.6 Å². The molecule has 140 valence electrons. The van der Waals surface area contributed by atoms with E-state index >= 15 is 0 Å². The number of fused-ring (bicyclic) bond motifs is 1. The predicted molar refractivity (Wildman–Crippen MR) is 100 cm³/mol. The lowest BCUT2D eigenvalue weighted by Gasteiger charge is -2.11. The molecule has 0 amide bonds. The first-order chi connectivity index (χ1) is 12.8. The first-order valence-electron chi connectivity index (χ1n) is 8.33. The first-order valence-corrected chi connectivity index (χ1v) is 8.71. The van der Waals surface area contributed by atoms with Crippen molar-refractivity contribution in [2.24, 2.45) is 0 Å². The molecule has 0 aliphatic carbocycles. The molecule has 0 bridgehead atoms. The maximum Gasteiger partial charge on any atom is 0.342 e. The largest absolute Gasteiger partial charge is 0.457 e. The average molecular weight is 389 g/mol. The van der Waals surface area contributed by atoms with Gasteiger partial charge in [-0.2, -0.15) is 0 Å². The molecule has 0 aliphatic rings. The number of esters is 1. The Morgan fingerprint density at radius 2 is 1.74 bits per heavy atom. The third-order valence-electron chi connectivity index (χ3n) is 4.28. The van der Waals surface area contributed by atoms with Crippen molar-refractivity contribution in [3.63, 3.8) is 0 Å². The zero-order valence-electron chi connectivity index (χ0n) is 15.1. The van der Waals surface area contributed by atoms with Gasteiger partial charge in [-0.25, -0.2) is 14.4 Å². The lowest BCUT2D eigenvalue weighted by molar-refractivity contribution is 0.0468. The smallest absolute Gasteiger partial charge is 0.342 e. The Balaban J connectivity index is 1.96. The van der Waals surface area contributed by atoms with E-state index in [1.807, 2.05) is 6.92 Å². The Morgan fingerprint density at radius 1 is 1.04 bits per heavy atom. The van der Waals surface area contributed by atoms with Gasteiger partial charge in [-0.05, 0) is 43.5 Å². The average Bonchev–Trinajstić information content (AvgIpc) is 2.58. The van der Waals surface area contributed by atoms with E-state index in [-0.39, 0.29) is 17.9 Å². The molecule has 6 nitrogen and oxygen atoms in total. The minimum absolute atomic E-state index is 0.152. The SMILES string of the molecule is CCc1cc2oc(=O)cc(COC(=O)c3c(C)cc(=O)oc3C)c2cc1Cl. The fraction of sp³-hybridized carbons (Fsp3) is 0.250. The molecule has 3 rings (SSSR count). The number of halogens is 1. The van der Waals surface area contributed by atoms with Crippen LogP contribution in [-0.4, -0.2) is 5.97 Å². The summed E-state index contributed by atoms with van der Waals surface area (Å²) in [6, 6.07) is 5.90. The molecule has 0 fully saturated rings. The number of ether oxygens (including phenoxy) is 1. The van der Waals surface area contributed by atoms with E-state index in [0.29, 0.717) is 33.5 Å². The second-order valence-corrected chi connectivity index (χ2v) is 6.55. The minimum Gasteiger partial charge on any atom is -0.457 e. The molecule has 0 unspecified atom stereocenters. The number of benzene rings is 1. The standard InChI is InChI=1S/C20H17ClO6/c1-4-12-6-16-14(8-15(12)21)13(7-18(23)27-16)9-25-20(24)19-10(2)5-17(22)26-11(19)3/h5-8H,4,9H2,1-3H3. The van der Waals surface area contributed by atoms with Gasteiger partial charge in [0.1, 0.15) is 23.5 Å². The van der Waals surface area contributed by atoms with Crippen LogP contribution < -0.4 is 11.3 Å². The predicted octanol–water partition coefficient (Wildman–Crippen LogP) is 3.94. The molecule has 2 aromatic heterocycles. The van der Waals surface area contributed by atoms with Gasteiger partial charge in [-0.15, -0.1) is 0 Å². The third-order valence-corrected chi connectivity index (χ3v) is 4.63. The topological polar surface area (TPSA) is 86.7 Å². The molecule has 0 saturated carbocycles. The highest BCUT2D eigenvalue weighted by atomic mass is 35.5. The van der Waals surface area contributed by atoms with Crippen LogP contribution in [0.2, 0.25) is 5.02 Å². The van der Waals surface area contributed by atoms with Crippen LogP contribution in [0, 0.1) is 13.8 Å². The van der Waals surface area contributed by atoms with Crippen LogP contribution in [0.3, 0.4) is 0 Å². The maximum atomic E-state index is 12.4. The monoisotopic (exact) mass is 388 g/mol. The summed E-state index contributed by atoms with van der Waals surface area (Å²) in [5.41, 5.74) is 1.28. The molecule has 3 aromatic rings. The van der Waals surface area contributed by atoms with Crippen molar-refractivity contribution in [2.45, 2.75) is 33.8 Å². The van der Waals surface area contributed by atoms with Gasteiger partial charge in [-0.1, -0.05) is 18.5 Å². The summed E-state index contributed by atoms with van der Waals surface area (Å²) < 4.78 is 15.5. The van der Waals surface area contributed by atoms with Crippen molar-refractivity contribution in [1.29, 1.82) is 0 Å². The highest BCUT2D eigenvalue weighted by Gasteiger charge is 2.18. The quantitative estimate of drug-likeness (QED) is 0.497. The molecule has 0 spiro atoms. The van der Waals surface area contributed by atoms with E-state index in [2.05, 4.69) is 0 Å². The number of carbonyl (C=O) groups is 1. The molecule has 27 heavy (non-hydrogen) atoms. The van der Waals surface area contributed by atoms with E-state index in [9.17, 15) is 14.4 Å². The third kappa shape index (κ3) is 3.80. The van der Waals surface area contributed by atoms with Crippen LogP contribution >= 0.6 is 11.6 Å². The van der Waals surface area contributed by atoms with Gasteiger partial charge in [0.05, 0.1) is 0 Å². The van der Waals surface area contributed by atoms with E-state index in [4.69, 9.17) is 25.2 Å². The fourth-order valence-corrected chi connectivity index (χ4v) is 3.25. The van der Waals surface area contributed by atoms with Crippen molar-refractivity contribution in [3.8, 4) is 0 Å². The van der Waals surface area contributed by atoms with Gasteiger partial charge in [-0.3, -0.25) is 0 Å². The zero-order chi connectivity index (χ0) is 19.7. The van der Waals surface area contributed by atoms with Crippen molar-refractivity contribution in [2.75, 3.05) is 0 Å². The van der Waals surface area contributed by atoms with Crippen LogP contribution in [0.5, 0.6) is 0 Å². The van der Waals surface area contributed by atoms with Gasteiger partial charge >= 0.3 is 17.2 Å². The summed E-state index contributed by atoms with van der Waals surface area (Å²) in [5, 5.41) is 1.14. The van der Waals surface area contributed by atoms with Gasteiger partial charge in [0.15, 0.2) is 0 Å². The van der Waals surface area contributed by atoms with Crippen molar-refractivity contribution in [3.05, 3.63) is 78.1 Å². The van der Waals surface area contributed by atoms with E-state index in [0.717, 1.165) is 5.56 Å². The fourth-order valence-electron chi connectivity index (χ4n) is 2.96. The van der Waals surface area contributed by atoms with E-state index < -0.39 is 17.2 Å². The van der Waals surface area contributed by atoms with E-state index in [1.54, 1.807) is 19.1 Å². The second kappa shape index (κ2) is 7.40. The number of hydrogen-bond donors (Lipinski definition) is 0. The Hall–Kier alpha value is -2.86. The first kappa shape index (κ1) is 18.9. The van der Waals surface area contributed by atoms with E-state index in [1.165, 1.54) is 19.1 Å². The second-order valence-electron chi connectivity index (χ2n) is 6.14. The van der Waals surface area contributed by atoms with Crippen molar-refractivity contribution in [1.82, 2.24) is 0 Å². The van der Waals surface area contributed by atoms with Gasteiger partial charge in [0.25, 0.3) is 0 Å². The van der Waals surface area contributed by atoms with Crippen LogP contribution in [0.4, 0.5) is 0 Å². The molecule has 1 aromatic carbocycles. The summed E-state index contributed by atoms with van der Waals surface area (Å²) in [5.74, 6) is -0.468. The van der Waals surface area contributed by atoms with Gasteiger partial charge in [0, 0.05) is 28.1 Å². The van der Waals surface area contributed by atoms with Crippen LogP contribution in [0.15, 0.2) is 42.7 Å². The van der Waals surface area contributed by atoms with Crippen LogP contribution in [-0.2, 0) is 17.8 Å². The van der Waals surface area contributed by atoms with Crippen molar-refractivity contribution < 1.29 is 18.4 Å². The molecule has 0 radical (unpaired) electrons. The highest BCUT2D eigenvalue weighted by molar-refractivity contribution is 6.32. The molecular formula is C20H17ClO6. The summed E-state index contributed by atoms with van der Waals surface area (Å²) >= 11 is 6.26. The Bertz CT molecular complexity index is 1130. The number of rotatable bonds is 4. The number of hydrogen-bond acceptors (Lipinski definition) is 6. The summed E-state index contributed by atoms with van der Waals surface area (Å²) in [6.45, 7) is 4.93. The van der Waals surface area contributed by atoms with Gasteiger partial charge in [0.2, 0.25) is 0 Å². The number of aryl methyl sites for hydroxylation is 3. The summed E-state index contributed by atoms with van der Waals surface area (Å²) in [7, 11) is 0. The Morgan fingerprint density at radius 3 is 2.41 bits per heavy atom. The Labute approximate surface area is 159 Å². The molecule has 0 saturated heterocycles. The lowest BCUT2D eigenvalue weighted by atomic mass is 10.1. The summed E-state index contributed by atoms with van der Waals surface area (Å²) in [4.78, 5) is 35.7. The molecular weight excluding hydrogens is 372 g/mol. The maximum absolute atomic E-state index is 12.4. The van der Waals surface area contributed by atoms with Crippen molar-refractivity contribution >= 4 is 28.5 Å². The highest BCUT2D eigenvalue weighted by Crippen LogP contribution is 2.27. The molecule has 0 atom stereocenters. The lowest BCUT2D eigenvalue weighted by Crippen LogP contribution is -2.13. The molecule has 0 N–H and O–H groups in total. The number of carbonyl (C=O) groups excluding carboxylic acids is 1. The minimum atomic E-state index is -0.647. The molecule has 2 heterocycles. The molecule has 0 aliphatic heterocycles. The normalized spacial score (nSPS) is 11.0. The van der Waals surface area contributed by atoms with Crippen LogP contribution in [0.25, 0.3) is 11.0 Å². The molecule has 7 heteroatoms. The summed E-state index contributed by atoms with van der Waals surface area (Å²) in [6.07, 6.45) is 0.690. The van der Waals surface area contributed by atoms with Crippen LogP contribution in [0.1, 0.15) is 39.7 Å².